The van der Waals surface area contributed by atoms with Crippen LogP contribution in [0, 0.1) is 21.4 Å². The zero-order chi connectivity index (χ0) is 14.8. The van der Waals surface area contributed by atoms with E-state index in [1.54, 1.807) is 6.07 Å². The Kier molecular flexibility index (Phi) is 4.11. The maximum atomic E-state index is 11.1. The minimum atomic E-state index is -0.389. The molecule has 2 rings (SSSR count). The number of rotatable bonds is 7. The molecule has 1 aromatic rings. The molecule has 20 heavy (non-hydrogen) atoms. The number of aromatic nitrogens is 1. The third-order valence-electron chi connectivity index (χ3n) is 4.15. The van der Waals surface area contributed by atoms with Crippen molar-refractivity contribution in [2.45, 2.75) is 33.6 Å². The maximum Gasteiger partial charge on any atom is 0.311 e. The lowest BCUT2D eigenvalue weighted by molar-refractivity contribution is -0.384. The van der Waals surface area contributed by atoms with Crippen molar-refractivity contribution in [3.63, 3.8) is 0 Å². The van der Waals surface area contributed by atoms with E-state index < -0.39 is 0 Å². The molecule has 0 aromatic carbocycles. The number of hydrogen-bond acceptors (Lipinski definition) is 5. The highest BCUT2D eigenvalue weighted by molar-refractivity contribution is 5.60. The van der Waals surface area contributed by atoms with Gasteiger partial charge in [0.25, 0.3) is 0 Å². The van der Waals surface area contributed by atoms with Crippen LogP contribution in [0.5, 0.6) is 0 Å². The normalized spacial score (nSPS) is 16.0. The van der Waals surface area contributed by atoms with E-state index in [-0.39, 0.29) is 16.0 Å². The predicted molar refractivity (Wildman–Crippen MR) is 80.0 cm³/mol. The van der Waals surface area contributed by atoms with E-state index >= 15 is 0 Å². The molecule has 1 heterocycles. The van der Waals surface area contributed by atoms with Crippen molar-refractivity contribution in [2.75, 3.05) is 23.7 Å². The van der Waals surface area contributed by atoms with E-state index in [0.29, 0.717) is 17.6 Å². The van der Waals surface area contributed by atoms with Crippen molar-refractivity contribution >= 4 is 17.3 Å². The van der Waals surface area contributed by atoms with Crippen molar-refractivity contribution in [3.8, 4) is 0 Å². The molecule has 0 unspecified atom stereocenters. The molecular formula is C14H22N4O2. The van der Waals surface area contributed by atoms with Crippen molar-refractivity contribution in [1.82, 2.24) is 4.98 Å². The molecule has 6 heteroatoms. The second kappa shape index (κ2) is 5.64. The summed E-state index contributed by atoms with van der Waals surface area (Å²) in [4.78, 5) is 15.0. The minimum Gasteiger partial charge on any atom is -0.370 e. The Morgan fingerprint density at radius 1 is 1.40 bits per heavy atom. The summed E-state index contributed by atoms with van der Waals surface area (Å²) in [5.41, 5.74) is 0.315. The molecule has 0 spiro atoms. The standard InChI is InChI=1S/C14H22N4O2/c1-4-15-12-6-5-11(18(19)20)13(17-12)16-9-14(7-8-14)10(2)3/h5-6,10H,4,7-9H2,1-3H3,(H2,15,16,17). The Bertz CT molecular complexity index is 498. The molecule has 6 nitrogen and oxygen atoms in total. The predicted octanol–water partition coefficient (Wildman–Crippen LogP) is 3.27. The van der Waals surface area contributed by atoms with Gasteiger partial charge in [-0.15, -0.1) is 0 Å². The van der Waals surface area contributed by atoms with Crippen LogP contribution < -0.4 is 10.6 Å². The van der Waals surface area contributed by atoms with E-state index in [0.717, 1.165) is 13.1 Å². The van der Waals surface area contributed by atoms with Crippen molar-refractivity contribution in [1.29, 1.82) is 0 Å². The lowest BCUT2D eigenvalue weighted by Crippen LogP contribution is -2.22. The van der Waals surface area contributed by atoms with Gasteiger partial charge in [-0.25, -0.2) is 4.98 Å². The fraction of sp³-hybridized carbons (Fsp3) is 0.643. The number of pyridine rings is 1. The number of anilines is 2. The average Bonchev–Trinajstić information content (AvgIpc) is 3.18. The summed E-state index contributed by atoms with van der Waals surface area (Å²) in [7, 11) is 0. The average molecular weight is 278 g/mol. The first-order chi connectivity index (χ1) is 9.48. The van der Waals surface area contributed by atoms with Gasteiger partial charge in [0.2, 0.25) is 5.82 Å². The Labute approximate surface area is 119 Å². The fourth-order valence-electron chi connectivity index (χ4n) is 2.39. The summed E-state index contributed by atoms with van der Waals surface area (Å²) in [6.45, 7) is 7.85. The Morgan fingerprint density at radius 3 is 2.60 bits per heavy atom. The molecule has 0 aliphatic heterocycles. The highest BCUT2D eigenvalue weighted by Crippen LogP contribution is 2.51. The van der Waals surface area contributed by atoms with Crippen LogP contribution in [0.25, 0.3) is 0 Å². The van der Waals surface area contributed by atoms with Gasteiger partial charge in [0.15, 0.2) is 0 Å². The van der Waals surface area contributed by atoms with Gasteiger partial charge in [0.1, 0.15) is 5.82 Å². The fourth-order valence-corrected chi connectivity index (χ4v) is 2.39. The number of hydrogen-bond donors (Lipinski definition) is 2. The first kappa shape index (κ1) is 14.6. The molecule has 0 bridgehead atoms. The Morgan fingerprint density at radius 2 is 2.10 bits per heavy atom. The maximum absolute atomic E-state index is 11.1. The summed E-state index contributed by atoms with van der Waals surface area (Å²) in [5.74, 6) is 1.60. The molecule has 1 saturated carbocycles. The first-order valence-electron chi connectivity index (χ1n) is 7.11. The van der Waals surface area contributed by atoms with Crippen LogP contribution in [-0.4, -0.2) is 23.0 Å². The van der Waals surface area contributed by atoms with Crippen LogP contribution in [0.2, 0.25) is 0 Å². The lowest BCUT2D eigenvalue weighted by atomic mass is 9.92. The van der Waals surface area contributed by atoms with Gasteiger partial charge in [-0.2, -0.15) is 0 Å². The monoisotopic (exact) mass is 278 g/mol. The van der Waals surface area contributed by atoms with Crippen molar-refractivity contribution < 1.29 is 4.92 Å². The largest absolute Gasteiger partial charge is 0.370 e. The number of nitrogens with zero attached hydrogens (tertiary/aromatic N) is 2. The second-order valence-electron chi connectivity index (χ2n) is 5.72. The topological polar surface area (TPSA) is 80.1 Å². The van der Waals surface area contributed by atoms with Gasteiger partial charge in [0.05, 0.1) is 4.92 Å². The summed E-state index contributed by atoms with van der Waals surface area (Å²) in [6.07, 6.45) is 2.36. The molecule has 0 amide bonds. The molecular weight excluding hydrogens is 256 g/mol. The molecule has 1 aliphatic rings. The van der Waals surface area contributed by atoms with Crippen LogP contribution in [0.3, 0.4) is 0 Å². The number of nitro groups is 1. The van der Waals surface area contributed by atoms with E-state index in [9.17, 15) is 10.1 Å². The molecule has 2 N–H and O–H groups in total. The zero-order valence-electron chi connectivity index (χ0n) is 12.3. The van der Waals surface area contributed by atoms with Gasteiger partial charge in [0, 0.05) is 19.2 Å². The van der Waals surface area contributed by atoms with Crippen molar-refractivity contribution in [3.05, 3.63) is 22.2 Å². The van der Waals surface area contributed by atoms with Crippen LogP contribution in [0.15, 0.2) is 12.1 Å². The minimum absolute atomic E-state index is 0.0335. The van der Waals surface area contributed by atoms with E-state index in [4.69, 9.17) is 0 Å². The second-order valence-corrected chi connectivity index (χ2v) is 5.72. The summed E-state index contributed by atoms with van der Waals surface area (Å²) in [6, 6.07) is 3.14. The van der Waals surface area contributed by atoms with E-state index in [1.165, 1.54) is 18.9 Å². The van der Waals surface area contributed by atoms with Crippen LogP contribution in [0.4, 0.5) is 17.3 Å². The van der Waals surface area contributed by atoms with Gasteiger partial charge in [-0.1, -0.05) is 13.8 Å². The van der Waals surface area contributed by atoms with E-state index in [1.807, 2.05) is 6.92 Å². The third kappa shape index (κ3) is 3.00. The molecule has 0 atom stereocenters. The Balaban J connectivity index is 2.15. The van der Waals surface area contributed by atoms with Gasteiger partial charge >= 0.3 is 5.69 Å². The van der Waals surface area contributed by atoms with Gasteiger partial charge < -0.3 is 10.6 Å². The molecule has 0 saturated heterocycles. The highest BCUT2D eigenvalue weighted by Gasteiger charge is 2.45. The zero-order valence-corrected chi connectivity index (χ0v) is 12.3. The quantitative estimate of drug-likeness (QED) is 0.591. The van der Waals surface area contributed by atoms with Crippen LogP contribution >= 0.6 is 0 Å². The first-order valence-corrected chi connectivity index (χ1v) is 7.11. The van der Waals surface area contributed by atoms with Gasteiger partial charge in [-0.3, -0.25) is 10.1 Å². The number of nitrogens with one attached hydrogen (secondary N) is 2. The summed E-state index contributed by atoms with van der Waals surface area (Å²) < 4.78 is 0. The molecule has 1 fully saturated rings. The van der Waals surface area contributed by atoms with Crippen LogP contribution in [-0.2, 0) is 0 Å². The SMILES string of the molecule is CCNc1ccc([N+](=O)[O-])c(NCC2(C(C)C)CC2)n1. The van der Waals surface area contributed by atoms with E-state index in [2.05, 4.69) is 29.5 Å². The smallest absolute Gasteiger partial charge is 0.311 e. The molecule has 110 valence electrons. The molecule has 1 aromatic heterocycles. The molecule has 1 aliphatic carbocycles. The van der Waals surface area contributed by atoms with Crippen LogP contribution in [0.1, 0.15) is 33.6 Å². The van der Waals surface area contributed by atoms with Crippen molar-refractivity contribution in [2.24, 2.45) is 11.3 Å². The van der Waals surface area contributed by atoms with Gasteiger partial charge in [-0.05, 0) is 37.2 Å². The Hall–Kier alpha value is -1.85. The highest BCUT2D eigenvalue weighted by atomic mass is 16.6. The summed E-state index contributed by atoms with van der Waals surface area (Å²) >= 11 is 0. The molecule has 0 radical (unpaired) electrons. The third-order valence-corrected chi connectivity index (χ3v) is 4.15. The summed E-state index contributed by atoms with van der Waals surface area (Å²) in [5, 5.41) is 17.3. The lowest BCUT2D eigenvalue weighted by Gasteiger charge is -2.20.